The molecule has 0 amide bonds. The third-order valence-corrected chi connectivity index (χ3v) is 8.28. The van der Waals surface area contributed by atoms with Crippen molar-refractivity contribution >= 4 is 0 Å². The second-order valence-electron chi connectivity index (χ2n) is 11.5. The minimum absolute atomic E-state index is 0.193. The molecule has 0 radical (unpaired) electrons. The minimum atomic E-state index is -1.16. The first-order chi connectivity index (χ1) is 18.7. The number of nitrogens with zero attached hydrogens (tertiary/aromatic N) is 2. The Bertz CT molecular complexity index is 589. The largest absolute Gasteiger partial charge is 0.395 e. The van der Waals surface area contributed by atoms with E-state index in [1.165, 1.54) is 57.8 Å². The van der Waals surface area contributed by atoms with Gasteiger partial charge >= 0.3 is 0 Å². The highest BCUT2D eigenvalue weighted by atomic mass is 16.4. The average Bonchev–Trinajstić information content (AvgIpc) is 2.92. The predicted octanol–water partition coefficient (Wildman–Crippen LogP) is 0.602. The van der Waals surface area contributed by atoms with Crippen molar-refractivity contribution in [2.24, 2.45) is 0 Å². The van der Waals surface area contributed by atoms with Gasteiger partial charge in [-0.2, -0.15) is 0 Å². The van der Waals surface area contributed by atoms with Crippen LogP contribution in [0, 0.1) is 0 Å². The molecule has 0 spiro atoms. The lowest BCUT2D eigenvalue weighted by molar-refractivity contribution is -0.145. The number of aliphatic hydroxyl groups is 8. The topological polar surface area (TPSA) is 168 Å². The van der Waals surface area contributed by atoms with Crippen molar-refractivity contribution in [3.8, 4) is 0 Å². The zero-order chi connectivity index (χ0) is 29.2. The molecule has 2 rings (SSSR count). The Labute approximate surface area is 236 Å². The maximum Gasteiger partial charge on any atom is 0.109 e. The second-order valence-corrected chi connectivity index (χ2v) is 11.5. The fraction of sp³-hybridized carbons (Fsp3) is 1.00. The van der Waals surface area contributed by atoms with E-state index in [-0.39, 0.29) is 13.2 Å². The van der Waals surface area contributed by atoms with Crippen LogP contribution in [-0.4, -0.2) is 139 Å². The molecule has 0 saturated carbocycles. The van der Waals surface area contributed by atoms with Gasteiger partial charge in [-0.05, 0) is 25.9 Å². The van der Waals surface area contributed by atoms with Crippen molar-refractivity contribution in [2.45, 2.75) is 146 Å². The maximum absolute atomic E-state index is 9.87. The van der Waals surface area contributed by atoms with E-state index < -0.39 is 48.7 Å². The number of hydrogen-bond acceptors (Lipinski definition) is 10. The zero-order valence-electron chi connectivity index (χ0n) is 24.5. The number of rotatable bonds is 17. The van der Waals surface area contributed by atoms with Crippen LogP contribution in [0.1, 0.15) is 97.3 Å². The summed E-state index contributed by atoms with van der Waals surface area (Å²) in [6.07, 6.45) is 9.22. The van der Waals surface area contributed by atoms with E-state index >= 15 is 0 Å². The van der Waals surface area contributed by atoms with Gasteiger partial charge in [0.1, 0.15) is 24.4 Å². The molecule has 2 aliphatic heterocycles. The first-order valence-electron chi connectivity index (χ1n) is 15.5. The van der Waals surface area contributed by atoms with Crippen LogP contribution in [-0.2, 0) is 0 Å². The van der Waals surface area contributed by atoms with E-state index in [2.05, 4.69) is 13.8 Å². The molecule has 0 aromatic heterocycles. The first-order valence-corrected chi connectivity index (χ1v) is 15.5. The molecule has 2 saturated heterocycles. The van der Waals surface area contributed by atoms with E-state index in [4.69, 9.17) is 0 Å². The smallest absolute Gasteiger partial charge is 0.109 e. The van der Waals surface area contributed by atoms with E-state index in [1.807, 2.05) is 9.80 Å². The molecule has 0 bridgehead atoms. The van der Waals surface area contributed by atoms with Crippen LogP contribution in [0.3, 0.4) is 0 Å². The van der Waals surface area contributed by atoms with E-state index in [1.54, 1.807) is 0 Å². The van der Waals surface area contributed by atoms with Crippen LogP contribution in [0.5, 0.6) is 0 Å². The van der Waals surface area contributed by atoms with Crippen molar-refractivity contribution in [1.82, 2.24) is 9.80 Å². The normalized spacial score (nSPS) is 32.2. The van der Waals surface area contributed by atoms with Crippen LogP contribution in [0.4, 0.5) is 0 Å². The van der Waals surface area contributed by atoms with Gasteiger partial charge in [0.05, 0.1) is 37.5 Å². The Morgan fingerprint density at radius 1 is 0.462 bits per heavy atom. The molecule has 0 aromatic carbocycles. The minimum Gasteiger partial charge on any atom is -0.395 e. The summed E-state index contributed by atoms with van der Waals surface area (Å²) in [4.78, 5) is 3.79. The second kappa shape index (κ2) is 21.3. The Morgan fingerprint density at radius 3 is 1.08 bits per heavy atom. The van der Waals surface area contributed by atoms with Crippen LogP contribution >= 0.6 is 0 Å². The Kier molecular flexibility index (Phi) is 20.0. The SMILES string of the molecule is CCCCCCCCCN1C[C@H](O)[C@@H](O)[C@H](O)[C@H]1CO.CCCCCCCCN1C[C@H](O)[C@@H](O)[C@H](O)[C@H]1CO. The summed E-state index contributed by atoms with van der Waals surface area (Å²) < 4.78 is 0. The molecule has 234 valence electrons. The third-order valence-electron chi connectivity index (χ3n) is 8.28. The van der Waals surface area contributed by atoms with Crippen LogP contribution < -0.4 is 0 Å². The van der Waals surface area contributed by atoms with Crippen LogP contribution in [0.25, 0.3) is 0 Å². The molecular formula is C29H60N2O8. The number of piperidine rings is 2. The average molecular weight is 565 g/mol. The summed E-state index contributed by atoms with van der Waals surface area (Å²) in [5.41, 5.74) is 0. The van der Waals surface area contributed by atoms with E-state index in [0.29, 0.717) is 13.1 Å². The monoisotopic (exact) mass is 564 g/mol. The van der Waals surface area contributed by atoms with Gasteiger partial charge in [-0.1, -0.05) is 84.5 Å². The lowest BCUT2D eigenvalue weighted by Gasteiger charge is -2.43. The lowest BCUT2D eigenvalue weighted by Crippen LogP contribution is -2.62. The Morgan fingerprint density at radius 2 is 0.769 bits per heavy atom. The summed E-state index contributed by atoms with van der Waals surface area (Å²) >= 11 is 0. The van der Waals surface area contributed by atoms with Gasteiger partial charge in [0.25, 0.3) is 0 Å². The van der Waals surface area contributed by atoms with Crippen molar-refractivity contribution in [3.05, 3.63) is 0 Å². The first kappa shape index (κ1) is 36.6. The number of unbranched alkanes of at least 4 members (excludes halogenated alkanes) is 11. The third kappa shape index (κ3) is 13.0. The number of likely N-dealkylation sites (tertiary alicyclic amines) is 2. The quantitative estimate of drug-likeness (QED) is 0.117. The molecule has 0 aliphatic carbocycles. The molecule has 8 N–H and O–H groups in total. The molecule has 2 aliphatic rings. The molecule has 10 nitrogen and oxygen atoms in total. The van der Waals surface area contributed by atoms with E-state index in [0.717, 1.165) is 38.8 Å². The molecular weight excluding hydrogens is 504 g/mol. The molecule has 8 atom stereocenters. The van der Waals surface area contributed by atoms with E-state index in [9.17, 15) is 40.9 Å². The van der Waals surface area contributed by atoms with Gasteiger partial charge < -0.3 is 40.9 Å². The number of β-amino-alcohol motifs (C(OH)–C–C–N with tert-alkyl or cyclic N) is 2. The van der Waals surface area contributed by atoms with Crippen molar-refractivity contribution in [1.29, 1.82) is 0 Å². The number of aliphatic hydroxyl groups excluding tert-OH is 8. The maximum atomic E-state index is 9.87. The fourth-order valence-electron chi connectivity index (χ4n) is 5.64. The van der Waals surface area contributed by atoms with Crippen LogP contribution in [0.15, 0.2) is 0 Å². The summed E-state index contributed by atoms with van der Waals surface area (Å²) in [6.45, 7) is 6.14. The summed E-state index contributed by atoms with van der Waals surface area (Å²) in [5, 5.41) is 76.9. The molecule has 2 fully saturated rings. The zero-order valence-corrected chi connectivity index (χ0v) is 24.5. The van der Waals surface area contributed by atoms with Crippen molar-refractivity contribution in [2.75, 3.05) is 39.4 Å². The molecule has 0 aromatic rings. The van der Waals surface area contributed by atoms with Crippen LogP contribution in [0.2, 0.25) is 0 Å². The van der Waals surface area contributed by atoms with Gasteiger partial charge in [0.2, 0.25) is 0 Å². The summed E-state index contributed by atoms with van der Waals surface area (Å²) in [7, 11) is 0. The van der Waals surface area contributed by atoms with Gasteiger partial charge in [-0.25, -0.2) is 0 Å². The van der Waals surface area contributed by atoms with Gasteiger partial charge in [-0.3, -0.25) is 9.80 Å². The molecule has 10 heteroatoms. The highest BCUT2D eigenvalue weighted by molar-refractivity contribution is 4.95. The van der Waals surface area contributed by atoms with Gasteiger partial charge in [0.15, 0.2) is 0 Å². The molecule has 39 heavy (non-hydrogen) atoms. The van der Waals surface area contributed by atoms with Crippen molar-refractivity contribution in [3.63, 3.8) is 0 Å². The fourth-order valence-corrected chi connectivity index (χ4v) is 5.64. The summed E-state index contributed by atoms with van der Waals surface area (Å²) in [5.74, 6) is 0. The van der Waals surface area contributed by atoms with Gasteiger partial charge in [0, 0.05) is 13.1 Å². The Hall–Kier alpha value is -0.400. The number of hydrogen-bond donors (Lipinski definition) is 8. The standard InChI is InChI=1S/C15H31NO4.C14H29NO4/c1-2-3-4-5-6-7-8-9-16-10-13(18)15(20)14(19)12(16)11-17;1-2-3-4-5-6-7-8-15-9-12(17)14(19)13(18)11(15)10-16/h12-15,17-20H,2-11H2,1H3;11-14,16-19H,2-10H2,1H3/t12-,13+,14-,15-;11-,12+,13-,14-/m11/s1. The van der Waals surface area contributed by atoms with Crippen molar-refractivity contribution < 1.29 is 40.9 Å². The summed E-state index contributed by atoms with van der Waals surface area (Å²) in [6, 6.07) is -0.928. The lowest BCUT2D eigenvalue weighted by atomic mass is 9.94. The highest BCUT2D eigenvalue weighted by Gasteiger charge is 2.41. The van der Waals surface area contributed by atoms with Gasteiger partial charge in [-0.15, -0.1) is 0 Å². The molecule has 2 heterocycles. The Balaban J connectivity index is 0.000000391. The molecule has 0 unspecified atom stereocenters. The highest BCUT2D eigenvalue weighted by Crippen LogP contribution is 2.21. The predicted molar refractivity (Wildman–Crippen MR) is 152 cm³/mol.